The summed E-state index contributed by atoms with van der Waals surface area (Å²) in [4.78, 5) is 42.7. The summed E-state index contributed by atoms with van der Waals surface area (Å²) in [6, 6.07) is 0. The van der Waals surface area contributed by atoms with Gasteiger partial charge in [0, 0.05) is 12.3 Å². The van der Waals surface area contributed by atoms with E-state index in [1.165, 1.54) is 0 Å². The fourth-order valence-corrected chi connectivity index (χ4v) is 3.09. The standard InChI is InChI=1S/C13H15N3O4S/c1-5(2)10-14-6(3)9(13(19)20)12(16-10)21-7-4-8(17)15-11(7)18/h5,7H,4H2,1-3H3,(H,19,20)(H,15,17,18). The number of carbonyl (C=O) groups is 3. The van der Waals surface area contributed by atoms with Crippen molar-refractivity contribution in [2.75, 3.05) is 0 Å². The third-order valence-electron chi connectivity index (χ3n) is 2.98. The monoisotopic (exact) mass is 309 g/mol. The maximum absolute atomic E-state index is 11.6. The van der Waals surface area contributed by atoms with Gasteiger partial charge in [0.25, 0.3) is 0 Å². The minimum Gasteiger partial charge on any atom is -0.478 e. The van der Waals surface area contributed by atoms with Crippen molar-refractivity contribution in [2.45, 2.75) is 43.4 Å². The maximum atomic E-state index is 11.6. The summed E-state index contributed by atoms with van der Waals surface area (Å²) >= 11 is 0.999. The second kappa shape index (κ2) is 5.80. The molecule has 1 atom stereocenters. The Labute approximate surface area is 125 Å². The lowest BCUT2D eigenvalue weighted by molar-refractivity contribution is -0.124. The first kappa shape index (κ1) is 15.4. The maximum Gasteiger partial charge on any atom is 0.340 e. The molecule has 0 aromatic carbocycles. The highest BCUT2D eigenvalue weighted by Crippen LogP contribution is 2.31. The number of imide groups is 1. The van der Waals surface area contributed by atoms with Crippen LogP contribution < -0.4 is 5.32 Å². The number of hydrogen-bond acceptors (Lipinski definition) is 6. The third-order valence-corrected chi connectivity index (χ3v) is 4.17. The van der Waals surface area contributed by atoms with Crippen LogP contribution in [0.25, 0.3) is 0 Å². The molecule has 0 saturated carbocycles. The average Bonchev–Trinajstić information content (AvgIpc) is 2.66. The van der Waals surface area contributed by atoms with Gasteiger partial charge in [0.1, 0.15) is 16.4 Å². The first-order valence-corrected chi connectivity index (χ1v) is 7.29. The van der Waals surface area contributed by atoms with E-state index in [0.29, 0.717) is 11.5 Å². The molecule has 2 amide bonds. The molecule has 112 valence electrons. The molecule has 1 unspecified atom stereocenters. The number of aromatic carboxylic acids is 1. The molecular formula is C13H15N3O4S. The van der Waals surface area contributed by atoms with Gasteiger partial charge in [0.2, 0.25) is 11.8 Å². The Morgan fingerprint density at radius 3 is 2.52 bits per heavy atom. The lowest BCUT2D eigenvalue weighted by Gasteiger charge is -2.13. The van der Waals surface area contributed by atoms with Crippen molar-refractivity contribution in [1.29, 1.82) is 0 Å². The van der Waals surface area contributed by atoms with Gasteiger partial charge in [0.15, 0.2) is 0 Å². The smallest absolute Gasteiger partial charge is 0.340 e. The van der Waals surface area contributed by atoms with Crippen molar-refractivity contribution >= 4 is 29.5 Å². The van der Waals surface area contributed by atoms with Gasteiger partial charge in [-0.25, -0.2) is 14.8 Å². The summed E-state index contributed by atoms with van der Waals surface area (Å²) in [6.07, 6.45) is 0.0304. The summed E-state index contributed by atoms with van der Waals surface area (Å²) in [7, 11) is 0. The summed E-state index contributed by atoms with van der Waals surface area (Å²) in [6.45, 7) is 5.39. The molecule has 2 heterocycles. The van der Waals surface area contributed by atoms with Crippen LogP contribution in [0.1, 0.15) is 48.1 Å². The van der Waals surface area contributed by atoms with Crippen LogP contribution in [0.3, 0.4) is 0 Å². The molecule has 1 saturated heterocycles. The molecule has 1 aliphatic rings. The molecular weight excluding hydrogens is 294 g/mol. The molecule has 0 aliphatic carbocycles. The SMILES string of the molecule is Cc1nc(C(C)C)nc(SC2CC(=O)NC2=O)c1C(=O)O. The zero-order chi connectivity index (χ0) is 15.7. The Hall–Kier alpha value is -1.96. The highest BCUT2D eigenvalue weighted by molar-refractivity contribution is 8.00. The molecule has 8 heteroatoms. The lowest BCUT2D eigenvalue weighted by atomic mass is 10.2. The van der Waals surface area contributed by atoms with Crippen LogP contribution >= 0.6 is 11.8 Å². The number of nitrogens with zero attached hydrogens (tertiary/aromatic N) is 2. The lowest BCUT2D eigenvalue weighted by Crippen LogP contribution is -2.23. The van der Waals surface area contributed by atoms with Gasteiger partial charge in [0.05, 0.1) is 10.9 Å². The van der Waals surface area contributed by atoms with Crippen LogP contribution in [0, 0.1) is 6.92 Å². The quantitative estimate of drug-likeness (QED) is 0.633. The first-order valence-electron chi connectivity index (χ1n) is 6.41. The van der Waals surface area contributed by atoms with E-state index in [1.807, 2.05) is 13.8 Å². The van der Waals surface area contributed by atoms with Crippen LogP contribution in [0.5, 0.6) is 0 Å². The number of carboxylic acids is 1. The Morgan fingerprint density at radius 2 is 2.05 bits per heavy atom. The number of aryl methyl sites for hydroxylation is 1. The van der Waals surface area contributed by atoms with E-state index in [2.05, 4.69) is 15.3 Å². The van der Waals surface area contributed by atoms with Crippen molar-refractivity contribution in [3.8, 4) is 0 Å². The molecule has 0 radical (unpaired) electrons. The molecule has 0 spiro atoms. The van der Waals surface area contributed by atoms with Gasteiger partial charge in [-0.1, -0.05) is 25.6 Å². The fraction of sp³-hybridized carbons (Fsp3) is 0.462. The molecule has 21 heavy (non-hydrogen) atoms. The summed E-state index contributed by atoms with van der Waals surface area (Å²) < 4.78 is 0. The highest BCUT2D eigenvalue weighted by Gasteiger charge is 2.33. The molecule has 7 nitrogen and oxygen atoms in total. The van der Waals surface area contributed by atoms with Crippen molar-refractivity contribution in [1.82, 2.24) is 15.3 Å². The van der Waals surface area contributed by atoms with Crippen LogP contribution in [-0.4, -0.2) is 38.1 Å². The number of nitrogens with one attached hydrogen (secondary N) is 1. The Morgan fingerprint density at radius 1 is 1.38 bits per heavy atom. The van der Waals surface area contributed by atoms with Gasteiger partial charge in [-0.05, 0) is 6.92 Å². The minimum absolute atomic E-state index is 0.0171. The van der Waals surface area contributed by atoms with E-state index in [9.17, 15) is 19.5 Å². The number of hydrogen-bond donors (Lipinski definition) is 2. The average molecular weight is 309 g/mol. The van der Waals surface area contributed by atoms with Crippen molar-refractivity contribution in [3.63, 3.8) is 0 Å². The predicted molar refractivity (Wildman–Crippen MR) is 75.2 cm³/mol. The largest absolute Gasteiger partial charge is 0.478 e. The van der Waals surface area contributed by atoms with Crippen molar-refractivity contribution < 1.29 is 19.5 Å². The van der Waals surface area contributed by atoms with Crippen molar-refractivity contribution in [3.05, 3.63) is 17.1 Å². The first-order chi connectivity index (χ1) is 9.79. The van der Waals surface area contributed by atoms with E-state index in [-0.39, 0.29) is 28.8 Å². The highest BCUT2D eigenvalue weighted by atomic mass is 32.2. The van der Waals surface area contributed by atoms with E-state index < -0.39 is 17.1 Å². The van der Waals surface area contributed by atoms with Crippen LogP contribution in [0.4, 0.5) is 0 Å². The number of aromatic nitrogens is 2. The van der Waals surface area contributed by atoms with Gasteiger partial charge in [-0.3, -0.25) is 14.9 Å². The molecule has 1 aromatic rings. The van der Waals surface area contributed by atoms with Gasteiger partial charge in [-0.2, -0.15) is 0 Å². The Kier molecular flexibility index (Phi) is 4.26. The van der Waals surface area contributed by atoms with Gasteiger partial charge >= 0.3 is 5.97 Å². The normalized spacial score (nSPS) is 18.2. The minimum atomic E-state index is -1.14. The molecule has 2 rings (SSSR count). The summed E-state index contributed by atoms with van der Waals surface area (Å²) in [5.41, 5.74) is 0.338. The third kappa shape index (κ3) is 3.21. The number of carbonyl (C=O) groups excluding carboxylic acids is 2. The zero-order valence-electron chi connectivity index (χ0n) is 11.8. The second-order valence-electron chi connectivity index (χ2n) is 5.03. The van der Waals surface area contributed by atoms with E-state index in [1.54, 1.807) is 6.92 Å². The second-order valence-corrected chi connectivity index (χ2v) is 6.22. The van der Waals surface area contributed by atoms with E-state index in [4.69, 9.17) is 0 Å². The van der Waals surface area contributed by atoms with Crippen LogP contribution in [-0.2, 0) is 9.59 Å². The zero-order valence-corrected chi connectivity index (χ0v) is 12.7. The number of thioether (sulfide) groups is 1. The molecule has 1 aliphatic heterocycles. The van der Waals surface area contributed by atoms with E-state index in [0.717, 1.165) is 11.8 Å². The molecule has 1 fully saturated rings. The van der Waals surface area contributed by atoms with E-state index >= 15 is 0 Å². The van der Waals surface area contributed by atoms with Crippen LogP contribution in [0.2, 0.25) is 0 Å². The number of carboxylic acid groups (broad SMARTS) is 1. The Balaban J connectivity index is 2.42. The molecule has 1 aromatic heterocycles. The number of amides is 2. The molecule has 0 bridgehead atoms. The summed E-state index contributed by atoms with van der Waals surface area (Å²) in [5, 5.41) is 11.1. The topological polar surface area (TPSA) is 109 Å². The molecule has 2 N–H and O–H groups in total. The fourth-order valence-electron chi connectivity index (χ4n) is 1.92. The predicted octanol–water partition coefficient (Wildman–Crippen LogP) is 1.11. The van der Waals surface area contributed by atoms with Gasteiger partial charge in [-0.15, -0.1) is 0 Å². The number of rotatable bonds is 4. The Bertz CT molecular complexity index is 630. The van der Waals surface area contributed by atoms with Crippen molar-refractivity contribution in [2.24, 2.45) is 0 Å². The summed E-state index contributed by atoms with van der Waals surface area (Å²) in [5.74, 6) is -1.36. The van der Waals surface area contributed by atoms with Gasteiger partial charge < -0.3 is 5.11 Å². The van der Waals surface area contributed by atoms with Crippen LogP contribution in [0.15, 0.2) is 5.03 Å².